The van der Waals surface area contributed by atoms with Crippen LogP contribution in [0.3, 0.4) is 0 Å². The number of nitrogens with zero attached hydrogens (tertiary/aromatic N) is 3. The number of nitrogens with one attached hydrogen (secondary N) is 1. The summed E-state index contributed by atoms with van der Waals surface area (Å²) in [5.74, 6) is 0.914. The first kappa shape index (κ1) is 14.5. The van der Waals surface area contributed by atoms with E-state index in [9.17, 15) is 0 Å². The minimum absolute atomic E-state index is 0.733. The lowest BCUT2D eigenvalue weighted by Gasteiger charge is -2.23. The van der Waals surface area contributed by atoms with Crippen LogP contribution < -0.4 is 10.2 Å². The molecule has 0 radical (unpaired) electrons. The Labute approximate surface area is 120 Å². The predicted molar refractivity (Wildman–Crippen MR) is 83.2 cm³/mol. The molecular formula is C16H22N4. The van der Waals surface area contributed by atoms with Crippen LogP contribution in [-0.4, -0.2) is 23.6 Å². The van der Waals surface area contributed by atoms with Gasteiger partial charge in [0.15, 0.2) is 5.82 Å². The van der Waals surface area contributed by atoms with Crippen LogP contribution in [0.4, 0.5) is 11.5 Å². The van der Waals surface area contributed by atoms with Crippen molar-refractivity contribution in [1.82, 2.24) is 15.3 Å². The highest BCUT2D eigenvalue weighted by molar-refractivity contribution is 5.59. The minimum Gasteiger partial charge on any atom is -0.325 e. The molecule has 2 aromatic rings. The first-order valence-electron chi connectivity index (χ1n) is 7.13. The van der Waals surface area contributed by atoms with E-state index in [1.165, 1.54) is 0 Å². The molecule has 2 rings (SSSR count). The van der Waals surface area contributed by atoms with Gasteiger partial charge in [0.05, 0.1) is 11.9 Å². The van der Waals surface area contributed by atoms with E-state index in [4.69, 9.17) is 4.98 Å². The minimum atomic E-state index is 0.733. The molecule has 0 saturated heterocycles. The number of para-hydroxylation sites is 1. The van der Waals surface area contributed by atoms with E-state index >= 15 is 0 Å². The smallest absolute Gasteiger partial charge is 0.151 e. The van der Waals surface area contributed by atoms with Crippen LogP contribution in [0.1, 0.15) is 25.5 Å². The van der Waals surface area contributed by atoms with Gasteiger partial charge in [0.1, 0.15) is 0 Å². The summed E-state index contributed by atoms with van der Waals surface area (Å²) in [6.07, 6.45) is 5.94. The monoisotopic (exact) mass is 270 g/mol. The molecule has 0 unspecified atom stereocenters. The van der Waals surface area contributed by atoms with Crippen molar-refractivity contribution in [3.63, 3.8) is 0 Å². The molecule has 0 fully saturated rings. The van der Waals surface area contributed by atoms with Crippen LogP contribution in [0.25, 0.3) is 0 Å². The molecule has 1 heterocycles. The van der Waals surface area contributed by atoms with Gasteiger partial charge in [0, 0.05) is 25.0 Å². The Kier molecular flexibility index (Phi) is 5.50. The lowest BCUT2D eigenvalue weighted by atomic mass is 10.2. The van der Waals surface area contributed by atoms with Gasteiger partial charge in [-0.1, -0.05) is 31.5 Å². The van der Waals surface area contributed by atoms with Crippen molar-refractivity contribution in [2.45, 2.75) is 26.3 Å². The Morgan fingerprint density at radius 3 is 2.65 bits per heavy atom. The summed E-state index contributed by atoms with van der Waals surface area (Å²) in [5, 5.41) is 3.11. The zero-order valence-corrected chi connectivity index (χ0v) is 12.2. The van der Waals surface area contributed by atoms with Crippen molar-refractivity contribution in [3.05, 3.63) is 48.4 Å². The second-order valence-corrected chi connectivity index (χ2v) is 4.74. The van der Waals surface area contributed by atoms with Gasteiger partial charge in [-0.15, -0.1) is 0 Å². The highest BCUT2D eigenvalue weighted by atomic mass is 15.2. The molecule has 0 atom stereocenters. The zero-order chi connectivity index (χ0) is 14.2. The van der Waals surface area contributed by atoms with Crippen LogP contribution >= 0.6 is 0 Å². The van der Waals surface area contributed by atoms with Gasteiger partial charge >= 0.3 is 0 Å². The number of rotatable bonds is 7. The number of hydrogen-bond donors (Lipinski definition) is 1. The SMILES string of the molecule is CCCCN(c1ccccc1)c1cncc(CNC)n1. The van der Waals surface area contributed by atoms with Crippen LogP contribution in [0.5, 0.6) is 0 Å². The number of aromatic nitrogens is 2. The van der Waals surface area contributed by atoms with Gasteiger partial charge in [-0.2, -0.15) is 0 Å². The van der Waals surface area contributed by atoms with Crippen LogP contribution in [0.15, 0.2) is 42.7 Å². The predicted octanol–water partition coefficient (Wildman–Crippen LogP) is 3.13. The van der Waals surface area contributed by atoms with Crippen molar-refractivity contribution in [2.75, 3.05) is 18.5 Å². The molecule has 0 amide bonds. The van der Waals surface area contributed by atoms with Gasteiger partial charge in [-0.25, -0.2) is 4.98 Å². The van der Waals surface area contributed by atoms with E-state index in [0.29, 0.717) is 0 Å². The first-order valence-corrected chi connectivity index (χ1v) is 7.13. The fraction of sp³-hybridized carbons (Fsp3) is 0.375. The Bertz CT molecular complexity index is 513. The summed E-state index contributed by atoms with van der Waals surface area (Å²) in [7, 11) is 1.92. The number of unbranched alkanes of at least 4 members (excludes halogenated alkanes) is 1. The molecule has 106 valence electrons. The van der Waals surface area contributed by atoms with Crippen molar-refractivity contribution < 1.29 is 0 Å². The van der Waals surface area contributed by atoms with Crippen molar-refractivity contribution in [3.8, 4) is 0 Å². The Hall–Kier alpha value is -1.94. The fourth-order valence-corrected chi connectivity index (χ4v) is 2.09. The third-order valence-electron chi connectivity index (χ3n) is 3.11. The van der Waals surface area contributed by atoms with Gasteiger partial charge in [-0.05, 0) is 25.6 Å². The highest BCUT2D eigenvalue weighted by Gasteiger charge is 2.10. The molecule has 1 N–H and O–H groups in total. The second kappa shape index (κ2) is 7.60. The summed E-state index contributed by atoms with van der Waals surface area (Å²) in [5.41, 5.74) is 2.12. The fourth-order valence-electron chi connectivity index (χ4n) is 2.09. The van der Waals surface area contributed by atoms with Crippen molar-refractivity contribution >= 4 is 11.5 Å². The van der Waals surface area contributed by atoms with E-state index in [0.717, 1.165) is 43.1 Å². The molecule has 0 bridgehead atoms. The summed E-state index contributed by atoms with van der Waals surface area (Å²) >= 11 is 0. The molecule has 4 nitrogen and oxygen atoms in total. The largest absolute Gasteiger partial charge is 0.325 e. The molecule has 4 heteroatoms. The van der Waals surface area contributed by atoms with Crippen molar-refractivity contribution in [2.24, 2.45) is 0 Å². The van der Waals surface area contributed by atoms with E-state index in [1.807, 2.05) is 25.5 Å². The molecule has 0 aliphatic carbocycles. The quantitative estimate of drug-likeness (QED) is 0.839. The summed E-state index contributed by atoms with van der Waals surface area (Å²) in [4.78, 5) is 11.2. The van der Waals surface area contributed by atoms with Gasteiger partial charge < -0.3 is 10.2 Å². The number of hydrogen-bond acceptors (Lipinski definition) is 4. The molecule has 1 aromatic carbocycles. The van der Waals surface area contributed by atoms with E-state index in [2.05, 4.69) is 46.4 Å². The summed E-state index contributed by atoms with van der Waals surface area (Å²) in [6, 6.07) is 10.4. The van der Waals surface area contributed by atoms with Gasteiger partial charge in [0.2, 0.25) is 0 Å². The van der Waals surface area contributed by atoms with E-state index in [-0.39, 0.29) is 0 Å². The van der Waals surface area contributed by atoms with Gasteiger partial charge in [0.25, 0.3) is 0 Å². The summed E-state index contributed by atoms with van der Waals surface area (Å²) < 4.78 is 0. The lowest BCUT2D eigenvalue weighted by Crippen LogP contribution is -2.20. The highest BCUT2D eigenvalue weighted by Crippen LogP contribution is 2.23. The molecule has 0 spiro atoms. The molecule has 1 aromatic heterocycles. The number of benzene rings is 1. The summed E-state index contributed by atoms with van der Waals surface area (Å²) in [6.45, 7) is 3.89. The Morgan fingerprint density at radius 1 is 1.15 bits per heavy atom. The third kappa shape index (κ3) is 3.78. The maximum Gasteiger partial charge on any atom is 0.151 e. The average molecular weight is 270 g/mol. The Balaban J connectivity index is 2.28. The average Bonchev–Trinajstić information content (AvgIpc) is 2.50. The van der Waals surface area contributed by atoms with E-state index < -0.39 is 0 Å². The zero-order valence-electron chi connectivity index (χ0n) is 12.2. The maximum absolute atomic E-state index is 4.69. The topological polar surface area (TPSA) is 41.1 Å². The molecular weight excluding hydrogens is 248 g/mol. The standard InChI is InChI=1S/C16H22N4/c1-3-4-10-20(15-8-6-5-7-9-15)16-13-18-12-14(19-16)11-17-2/h5-9,12-13,17H,3-4,10-11H2,1-2H3. The van der Waals surface area contributed by atoms with E-state index in [1.54, 1.807) is 0 Å². The van der Waals surface area contributed by atoms with Gasteiger partial charge in [-0.3, -0.25) is 4.98 Å². The number of anilines is 2. The Morgan fingerprint density at radius 2 is 1.95 bits per heavy atom. The van der Waals surface area contributed by atoms with Crippen LogP contribution in [0.2, 0.25) is 0 Å². The molecule has 0 saturated carbocycles. The third-order valence-corrected chi connectivity index (χ3v) is 3.11. The lowest BCUT2D eigenvalue weighted by molar-refractivity contribution is 0.758. The molecule has 0 aliphatic rings. The normalized spacial score (nSPS) is 10.5. The second-order valence-electron chi connectivity index (χ2n) is 4.74. The first-order chi connectivity index (χ1) is 9.85. The molecule has 0 aliphatic heterocycles. The van der Waals surface area contributed by atoms with Crippen LogP contribution in [-0.2, 0) is 6.54 Å². The maximum atomic E-state index is 4.69. The van der Waals surface area contributed by atoms with Crippen LogP contribution in [0, 0.1) is 0 Å². The molecule has 20 heavy (non-hydrogen) atoms. The van der Waals surface area contributed by atoms with Crippen molar-refractivity contribution in [1.29, 1.82) is 0 Å².